The largest absolute Gasteiger partial charge is 0.436 e. The van der Waals surface area contributed by atoms with E-state index < -0.39 is 0 Å². The summed E-state index contributed by atoms with van der Waals surface area (Å²) in [7, 11) is 0. The molecule has 0 saturated carbocycles. The molecule has 92 valence electrons. The van der Waals surface area contributed by atoms with Gasteiger partial charge in [0.2, 0.25) is 5.89 Å². The molecule has 0 saturated heterocycles. The average Bonchev–Trinajstić information content (AvgIpc) is 2.99. The number of hydrogen-bond donors (Lipinski definition) is 0. The highest BCUT2D eigenvalue weighted by Crippen LogP contribution is 2.35. The minimum atomic E-state index is -0.237. The number of hydrogen-bond acceptors (Lipinski definition) is 4. The van der Waals surface area contributed by atoms with Gasteiger partial charge in [-0.15, -0.1) is 0 Å². The van der Waals surface area contributed by atoms with Crippen molar-refractivity contribution in [2.75, 3.05) is 0 Å². The molecule has 0 amide bonds. The lowest BCUT2D eigenvalue weighted by atomic mass is 10.1. The first-order valence-corrected chi connectivity index (χ1v) is 6.00. The van der Waals surface area contributed by atoms with Crippen LogP contribution in [0.2, 0.25) is 0 Å². The summed E-state index contributed by atoms with van der Waals surface area (Å²) >= 11 is 0. The number of carbonyl (C=O) groups excluding carboxylic acids is 1. The number of oxazole rings is 1. The molecule has 1 aliphatic heterocycles. The number of aromatic nitrogens is 1. The van der Waals surface area contributed by atoms with Gasteiger partial charge in [-0.2, -0.15) is 0 Å². The van der Waals surface area contributed by atoms with Crippen molar-refractivity contribution >= 4 is 17.1 Å². The third-order valence-electron chi connectivity index (χ3n) is 3.20. The summed E-state index contributed by atoms with van der Waals surface area (Å²) < 4.78 is 10.9. The summed E-state index contributed by atoms with van der Waals surface area (Å²) in [5.41, 5.74) is 3.21. The summed E-state index contributed by atoms with van der Waals surface area (Å²) in [5.74, 6) is 0.889. The fraction of sp³-hybridized carbons (Fsp3) is 0.0667. The molecular weight excluding hydrogens is 242 g/mol. The van der Waals surface area contributed by atoms with Gasteiger partial charge in [0.15, 0.2) is 5.58 Å². The number of nitrogens with zero attached hydrogens (tertiary/aromatic N) is 1. The first-order chi connectivity index (χ1) is 9.31. The molecule has 4 rings (SSSR count). The van der Waals surface area contributed by atoms with Crippen LogP contribution in [0.4, 0.5) is 0 Å². The molecule has 4 heteroatoms. The lowest BCUT2D eigenvalue weighted by Crippen LogP contribution is -2.00. The van der Waals surface area contributed by atoms with Crippen molar-refractivity contribution in [3.05, 3.63) is 48.0 Å². The van der Waals surface area contributed by atoms with Gasteiger partial charge in [0.1, 0.15) is 11.3 Å². The van der Waals surface area contributed by atoms with E-state index in [2.05, 4.69) is 4.98 Å². The molecule has 2 aromatic carbocycles. The predicted molar refractivity (Wildman–Crippen MR) is 68.8 cm³/mol. The molecule has 0 fully saturated rings. The summed E-state index contributed by atoms with van der Waals surface area (Å²) in [5, 5.41) is 0. The Kier molecular flexibility index (Phi) is 2.00. The molecule has 19 heavy (non-hydrogen) atoms. The van der Waals surface area contributed by atoms with Crippen LogP contribution in [0.15, 0.2) is 46.9 Å². The molecule has 2 heterocycles. The van der Waals surface area contributed by atoms with Gasteiger partial charge in [0, 0.05) is 11.1 Å². The van der Waals surface area contributed by atoms with Gasteiger partial charge in [-0.25, -0.2) is 4.98 Å². The minimum absolute atomic E-state index is 0.237. The van der Waals surface area contributed by atoms with Gasteiger partial charge in [0.25, 0.3) is 0 Å². The van der Waals surface area contributed by atoms with Crippen LogP contribution in [0.5, 0.6) is 5.75 Å². The van der Waals surface area contributed by atoms with Crippen molar-refractivity contribution in [3.8, 4) is 17.2 Å². The lowest BCUT2D eigenvalue weighted by Gasteiger charge is -2.01. The summed E-state index contributed by atoms with van der Waals surface area (Å²) in [6, 6.07) is 13.1. The molecule has 0 aliphatic carbocycles. The number of fused-ring (bicyclic) bond motifs is 2. The zero-order valence-electron chi connectivity index (χ0n) is 9.92. The lowest BCUT2D eigenvalue weighted by molar-refractivity contribution is -0.131. The Bertz CT molecular complexity index is 771. The van der Waals surface area contributed by atoms with E-state index in [9.17, 15) is 4.79 Å². The highest BCUT2D eigenvalue weighted by Gasteiger charge is 2.25. The normalized spacial score (nSPS) is 13.6. The first kappa shape index (κ1) is 10.3. The Morgan fingerprint density at radius 2 is 1.95 bits per heavy atom. The van der Waals surface area contributed by atoms with Crippen molar-refractivity contribution in [3.63, 3.8) is 0 Å². The van der Waals surface area contributed by atoms with Crippen LogP contribution in [0, 0.1) is 0 Å². The van der Waals surface area contributed by atoms with E-state index in [0.29, 0.717) is 11.6 Å². The van der Waals surface area contributed by atoms with Crippen LogP contribution in [0.25, 0.3) is 22.6 Å². The average molecular weight is 251 g/mol. The van der Waals surface area contributed by atoms with E-state index >= 15 is 0 Å². The number of para-hydroxylation sites is 2. The van der Waals surface area contributed by atoms with Crippen LogP contribution in [-0.2, 0) is 11.2 Å². The molecule has 0 radical (unpaired) electrons. The molecule has 1 aromatic heterocycles. The number of esters is 1. The maximum absolute atomic E-state index is 11.4. The first-order valence-electron chi connectivity index (χ1n) is 6.00. The minimum Gasteiger partial charge on any atom is -0.436 e. The fourth-order valence-corrected chi connectivity index (χ4v) is 2.33. The van der Waals surface area contributed by atoms with Gasteiger partial charge in [-0.1, -0.05) is 18.2 Å². The number of carbonyl (C=O) groups is 1. The quantitative estimate of drug-likeness (QED) is 0.493. The number of benzene rings is 2. The Hall–Kier alpha value is -2.62. The molecule has 0 atom stereocenters. The molecule has 3 aromatic rings. The van der Waals surface area contributed by atoms with Crippen molar-refractivity contribution in [1.29, 1.82) is 0 Å². The fourth-order valence-electron chi connectivity index (χ4n) is 2.33. The zero-order chi connectivity index (χ0) is 12.8. The monoisotopic (exact) mass is 251 g/mol. The maximum Gasteiger partial charge on any atom is 0.315 e. The van der Waals surface area contributed by atoms with E-state index in [4.69, 9.17) is 9.15 Å². The van der Waals surface area contributed by atoms with E-state index in [0.717, 1.165) is 22.2 Å². The Balaban J connectivity index is 1.93. The maximum atomic E-state index is 11.4. The van der Waals surface area contributed by atoms with Crippen LogP contribution >= 0.6 is 0 Å². The Labute approximate surface area is 108 Å². The van der Waals surface area contributed by atoms with E-state index in [1.165, 1.54) is 0 Å². The number of rotatable bonds is 1. The Morgan fingerprint density at radius 1 is 1.05 bits per heavy atom. The van der Waals surface area contributed by atoms with Crippen molar-refractivity contribution in [1.82, 2.24) is 4.98 Å². The third-order valence-corrected chi connectivity index (χ3v) is 3.20. The van der Waals surface area contributed by atoms with Crippen LogP contribution < -0.4 is 4.74 Å². The van der Waals surface area contributed by atoms with Crippen LogP contribution in [0.3, 0.4) is 0 Å². The van der Waals surface area contributed by atoms with E-state index in [-0.39, 0.29) is 12.4 Å². The number of ether oxygens (including phenoxy) is 1. The van der Waals surface area contributed by atoms with Gasteiger partial charge in [0.05, 0.1) is 6.42 Å². The van der Waals surface area contributed by atoms with Crippen molar-refractivity contribution in [2.45, 2.75) is 6.42 Å². The third kappa shape index (κ3) is 1.53. The molecule has 4 nitrogen and oxygen atoms in total. The van der Waals surface area contributed by atoms with Gasteiger partial charge < -0.3 is 9.15 Å². The standard InChI is InChI=1S/C15H9NO3/c17-14-8-10-9(4-3-7-12(10)18-14)15-16-11-5-1-2-6-13(11)19-15/h1-7H,8H2. The van der Waals surface area contributed by atoms with Crippen molar-refractivity contribution in [2.24, 2.45) is 0 Å². The van der Waals surface area contributed by atoms with Gasteiger partial charge in [-0.05, 0) is 24.3 Å². The van der Waals surface area contributed by atoms with Crippen molar-refractivity contribution < 1.29 is 13.9 Å². The van der Waals surface area contributed by atoms with Gasteiger partial charge in [-0.3, -0.25) is 4.79 Å². The summed E-state index contributed by atoms with van der Waals surface area (Å²) in [6.45, 7) is 0. The molecule has 0 N–H and O–H groups in total. The molecule has 0 unspecified atom stereocenters. The Morgan fingerprint density at radius 3 is 2.84 bits per heavy atom. The van der Waals surface area contributed by atoms with E-state index in [1.54, 1.807) is 6.07 Å². The molecule has 0 bridgehead atoms. The smallest absolute Gasteiger partial charge is 0.315 e. The van der Waals surface area contributed by atoms with Crippen LogP contribution in [0.1, 0.15) is 5.56 Å². The molecular formula is C15H9NO3. The summed E-state index contributed by atoms with van der Waals surface area (Å²) in [6.07, 6.45) is 0.268. The highest BCUT2D eigenvalue weighted by molar-refractivity contribution is 5.86. The molecule has 1 aliphatic rings. The zero-order valence-corrected chi connectivity index (χ0v) is 9.92. The second kappa shape index (κ2) is 3.68. The topological polar surface area (TPSA) is 52.3 Å². The summed E-state index contributed by atoms with van der Waals surface area (Å²) in [4.78, 5) is 15.8. The van der Waals surface area contributed by atoms with E-state index in [1.807, 2.05) is 36.4 Å². The molecule has 0 spiro atoms. The SMILES string of the molecule is O=C1Cc2c(cccc2-c2nc3ccccc3o2)O1. The second-order valence-electron chi connectivity index (χ2n) is 4.42. The predicted octanol–water partition coefficient (Wildman–Crippen LogP) is 2.96. The second-order valence-corrected chi connectivity index (χ2v) is 4.42. The van der Waals surface area contributed by atoms with Gasteiger partial charge >= 0.3 is 5.97 Å². The van der Waals surface area contributed by atoms with Crippen LogP contribution in [-0.4, -0.2) is 11.0 Å². The highest BCUT2D eigenvalue weighted by atomic mass is 16.5.